The van der Waals surface area contributed by atoms with Gasteiger partial charge in [0.2, 0.25) is 5.75 Å². The maximum Gasteiger partial charge on any atom is 0.411 e. The maximum absolute atomic E-state index is 11.8. The van der Waals surface area contributed by atoms with E-state index in [9.17, 15) is 33.2 Å². The number of rotatable bonds is 6. The molecule has 10 heteroatoms. The number of nitro benzene ring substituents is 1. The molecule has 0 fully saturated rings. The van der Waals surface area contributed by atoms with Gasteiger partial charge in [-0.25, -0.2) is 0 Å². The molecule has 0 aliphatic heterocycles. The van der Waals surface area contributed by atoms with Gasteiger partial charge < -0.3 is 15.2 Å². The molecular formula is C11H11F3N2O5. The molecule has 2 N–H and O–H groups in total. The standard InChI is InChI=1S/C11H11F3N2O5/c12-11(13,14)6-21-5-4-15-10(18)7-2-1-3-8(9(7)17)16(19)20/h1-3,17H,4-6H2,(H,15,18). The highest BCUT2D eigenvalue weighted by Gasteiger charge is 2.27. The molecule has 7 nitrogen and oxygen atoms in total. The summed E-state index contributed by atoms with van der Waals surface area (Å²) < 4.78 is 39.6. The van der Waals surface area contributed by atoms with E-state index in [0.717, 1.165) is 12.1 Å². The van der Waals surface area contributed by atoms with Crippen molar-refractivity contribution in [3.05, 3.63) is 33.9 Å². The summed E-state index contributed by atoms with van der Waals surface area (Å²) in [4.78, 5) is 21.3. The molecule has 0 saturated carbocycles. The summed E-state index contributed by atoms with van der Waals surface area (Å²) >= 11 is 0. The summed E-state index contributed by atoms with van der Waals surface area (Å²) in [5, 5.41) is 22.3. The van der Waals surface area contributed by atoms with Crippen molar-refractivity contribution < 1.29 is 32.7 Å². The number of para-hydroxylation sites is 1. The molecule has 0 aliphatic carbocycles. The first-order valence-electron chi connectivity index (χ1n) is 5.61. The molecule has 0 saturated heterocycles. The third-order valence-electron chi connectivity index (χ3n) is 2.25. The minimum absolute atomic E-state index is 0.239. The number of nitrogens with zero attached hydrogens (tertiary/aromatic N) is 1. The van der Waals surface area contributed by atoms with Gasteiger partial charge in [0.05, 0.1) is 17.1 Å². The van der Waals surface area contributed by atoms with E-state index < -0.39 is 35.1 Å². The number of phenolic OH excluding ortho intramolecular Hbond substituents is 1. The monoisotopic (exact) mass is 308 g/mol. The zero-order valence-corrected chi connectivity index (χ0v) is 10.5. The molecule has 0 spiro atoms. The fourth-order valence-corrected chi connectivity index (χ4v) is 1.38. The number of benzene rings is 1. The van der Waals surface area contributed by atoms with E-state index >= 15 is 0 Å². The normalized spacial score (nSPS) is 11.2. The van der Waals surface area contributed by atoms with Gasteiger partial charge in [0.1, 0.15) is 6.61 Å². The van der Waals surface area contributed by atoms with E-state index in [2.05, 4.69) is 10.1 Å². The molecule has 0 atom stereocenters. The Hall–Kier alpha value is -2.36. The van der Waals surface area contributed by atoms with Gasteiger partial charge in [-0.2, -0.15) is 13.2 Å². The van der Waals surface area contributed by atoms with Crippen molar-refractivity contribution in [3.8, 4) is 5.75 Å². The Morgan fingerprint density at radius 3 is 2.67 bits per heavy atom. The van der Waals surface area contributed by atoms with Crippen LogP contribution in [0, 0.1) is 10.1 Å². The number of aromatic hydroxyl groups is 1. The van der Waals surface area contributed by atoms with Crippen molar-refractivity contribution >= 4 is 11.6 Å². The molecule has 0 aliphatic rings. The molecule has 1 rings (SSSR count). The average Bonchev–Trinajstić information content (AvgIpc) is 2.36. The molecule has 0 aromatic heterocycles. The highest BCUT2D eigenvalue weighted by Crippen LogP contribution is 2.28. The van der Waals surface area contributed by atoms with Crippen molar-refractivity contribution in [1.82, 2.24) is 5.32 Å². The Labute approximate surface area is 116 Å². The molecule has 0 radical (unpaired) electrons. The Kier molecular flexibility index (Phi) is 5.47. The zero-order valence-electron chi connectivity index (χ0n) is 10.5. The van der Waals surface area contributed by atoms with E-state index in [0.29, 0.717) is 0 Å². The number of carbonyl (C=O) groups is 1. The average molecular weight is 308 g/mol. The van der Waals surface area contributed by atoms with Crippen LogP contribution in [-0.4, -0.2) is 41.9 Å². The largest absolute Gasteiger partial charge is 0.502 e. The second kappa shape index (κ2) is 6.88. The molecule has 1 amide bonds. The maximum atomic E-state index is 11.8. The fourth-order valence-electron chi connectivity index (χ4n) is 1.38. The first-order valence-corrected chi connectivity index (χ1v) is 5.61. The third kappa shape index (κ3) is 5.26. The Balaban J connectivity index is 2.53. The lowest BCUT2D eigenvalue weighted by atomic mass is 10.1. The molecular weight excluding hydrogens is 297 g/mol. The number of ether oxygens (including phenoxy) is 1. The van der Waals surface area contributed by atoms with Gasteiger partial charge in [0.25, 0.3) is 5.91 Å². The minimum Gasteiger partial charge on any atom is -0.502 e. The molecule has 21 heavy (non-hydrogen) atoms. The summed E-state index contributed by atoms with van der Waals surface area (Å²) in [5.41, 5.74) is -0.990. The second-order valence-corrected chi connectivity index (χ2v) is 3.85. The topological polar surface area (TPSA) is 102 Å². The van der Waals surface area contributed by atoms with Crippen molar-refractivity contribution in [2.45, 2.75) is 6.18 Å². The van der Waals surface area contributed by atoms with Crippen LogP contribution in [0.1, 0.15) is 10.4 Å². The number of halogens is 3. The van der Waals surface area contributed by atoms with Gasteiger partial charge >= 0.3 is 11.9 Å². The van der Waals surface area contributed by atoms with Gasteiger partial charge in [0.15, 0.2) is 0 Å². The van der Waals surface area contributed by atoms with Crippen molar-refractivity contribution in [2.75, 3.05) is 19.8 Å². The SMILES string of the molecule is O=C(NCCOCC(F)(F)F)c1cccc([N+](=O)[O-])c1O. The molecule has 0 heterocycles. The number of nitro groups is 1. The van der Waals surface area contributed by atoms with Crippen LogP contribution in [0.5, 0.6) is 5.75 Å². The number of phenols is 1. The lowest BCUT2D eigenvalue weighted by molar-refractivity contribution is -0.385. The van der Waals surface area contributed by atoms with Crippen molar-refractivity contribution in [1.29, 1.82) is 0 Å². The van der Waals surface area contributed by atoms with E-state index in [4.69, 9.17) is 0 Å². The van der Waals surface area contributed by atoms with Crippen LogP contribution >= 0.6 is 0 Å². The van der Waals surface area contributed by atoms with Gasteiger partial charge in [0, 0.05) is 12.6 Å². The Bertz CT molecular complexity index is 533. The predicted octanol–water partition coefficient (Wildman–Crippen LogP) is 1.61. The number of carbonyl (C=O) groups excluding carboxylic acids is 1. The lowest BCUT2D eigenvalue weighted by Gasteiger charge is -2.09. The first-order chi connectivity index (χ1) is 9.72. The van der Waals surface area contributed by atoms with Crippen LogP contribution < -0.4 is 5.32 Å². The summed E-state index contributed by atoms with van der Waals surface area (Å²) in [6.07, 6.45) is -4.46. The van der Waals surface area contributed by atoms with Gasteiger partial charge in [-0.15, -0.1) is 0 Å². The lowest BCUT2D eigenvalue weighted by Crippen LogP contribution is -2.29. The van der Waals surface area contributed by atoms with E-state index in [1.54, 1.807) is 0 Å². The van der Waals surface area contributed by atoms with E-state index in [1.165, 1.54) is 6.07 Å². The quantitative estimate of drug-likeness (QED) is 0.472. The predicted molar refractivity (Wildman–Crippen MR) is 64.0 cm³/mol. The summed E-state index contributed by atoms with van der Waals surface area (Å²) in [7, 11) is 0. The minimum atomic E-state index is -4.46. The second-order valence-electron chi connectivity index (χ2n) is 3.85. The number of hydrogen-bond donors (Lipinski definition) is 2. The van der Waals surface area contributed by atoms with Crippen molar-refractivity contribution in [2.24, 2.45) is 0 Å². The van der Waals surface area contributed by atoms with Crippen LogP contribution in [-0.2, 0) is 4.74 Å². The van der Waals surface area contributed by atoms with Gasteiger partial charge in [-0.05, 0) is 6.07 Å². The van der Waals surface area contributed by atoms with Gasteiger partial charge in [-0.3, -0.25) is 14.9 Å². The molecule has 0 unspecified atom stereocenters. The first kappa shape index (κ1) is 16.7. The molecule has 1 aromatic carbocycles. The smallest absolute Gasteiger partial charge is 0.411 e. The number of amides is 1. The van der Waals surface area contributed by atoms with Crippen molar-refractivity contribution in [3.63, 3.8) is 0 Å². The highest BCUT2D eigenvalue weighted by molar-refractivity contribution is 5.98. The number of hydrogen-bond acceptors (Lipinski definition) is 5. The Morgan fingerprint density at radius 1 is 1.43 bits per heavy atom. The molecule has 1 aromatic rings. The summed E-state index contributed by atoms with van der Waals surface area (Å²) in [6, 6.07) is 3.36. The summed E-state index contributed by atoms with van der Waals surface area (Å²) in [6.45, 7) is -2.07. The third-order valence-corrected chi connectivity index (χ3v) is 2.25. The van der Waals surface area contributed by atoms with Crippen LogP contribution in [0.2, 0.25) is 0 Å². The van der Waals surface area contributed by atoms with Gasteiger partial charge in [-0.1, -0.05) is 6.07 Å². The van der Waals surface area contributed by atoms with Crippen LogP contribution in [0.3, 0.4) is 0 Å². The molecule has 116 valence electrons. The van der Waals surface area contributed by atoms with E-state index in [1.807, 2.05) is 0 Å². The van der Waals surface area contributed by atoms with Crippen LogP contribution in [0.15, 0.2) is 18.2 Å². The van der Waals surface area contributed by atoms with E-state index in [-0.39, 0.29) is 18.7 Å². The molecule has 0 bridgehead atoms. The summed E-state index contributed by atoms with van der Waals surface area (Å²) in [5.74, 6) is -1.66. The highest BCUT2D eigenvalue weighted by atomic mass is 19.4. The van der Waals surface area contributed by atoms with Crippen LogP contribution in [0.25, 0.3) is 0 Å². The number of alkyl halides is 3. The van der Waals surface area contributed by atoms with Crippen LogP contribution in [0.4, 0.5) is 18.9 Å². The Morgan fingerprint density at radius 2 is 2.10 bits per heavy atom. The fraction of sp³-hybridized carbons (Fsp3) is 0.364. The zero-order chi connectivity index (χ0) is 16.0. The number of nitrogens with one attached hydrogen (secondary N) is 1.